The number of aryl methyl sites for hydroxylation is 2. The minimum Gasteiger partial charge on any atom is -0.434 e. The summed E-state index contributed by atoms with van der Waals surface area (Å²) in [6.45, 7) is 6.12. The van der Waals surface area contributed by atoms with Gasteiger partial charge >= 0.3 is 6.16 Å². The largest absolute Gasteiger partial charge is 0.513 e. The average molecular weight is 428 g/mol. The van der Waals surface area contributed by atoms with Crippen molar-refractivity contribution in [1.82, 2.24) is 5.32 Å². The van der Waals surface area contributed by atoms with E-state index in [4.69, 9.17) is 14.2 Å². The highest BCUT2D eigenvalue weighted by Crippen LogP contribution is 2.47. The number of hydrogen-bond acceptors (Lipinski definition) is 5. The van der Waals surface area contributed by atoms with Crippen molar-refractivity contribution in [2.45, 2.75) is 83.3 Å². The van der Waals surface area contributed by atoms with E-state index < -0.39 is 11.7 Å². The maximum absolute atomic E-state index is 13.4. The highest BCUT2D eigenvalue weighted by Gasteiger charge is 2.50. The van der Waals surface area contributed by atoms with Crippen LogP contribution in [-0.4, -0.2) is 37.4 Å². The Balaban J connectivity index is 1.82. The van der Waals surface area contributed by atoms with Crippen LogP contribution in [0.25, 0.3) is 5.57 Å². The Hall–Kier alpha value is -2.34. The van der Waals surface area contributed by atoms with Gasteiger partial charge in [-0.15, -0.1) is 0 Å². The molecule has 0 saturated heterocycles. The van der Waals surface area contributed by atoms with Crippen molar-refractivity contribution in [1.29, 1.82) is 0 Å². The number of nitrogens with one attached hydrogen (secondary N) is 1. The summed E-state index contributed by atoms with van der Waals surface area (Å²) in [4.78, 5) is 25.7. The first-order valence-electron chi connectivity index (χ1n) is 11.5. The average Bonchev–Trinajstić information content (AvgIpc) is 3.56. The Kier molecular flexibility index (Phi) is 6.11. The SMILES string of the molecule is CCOC(=O)OC1=C(c2c(C)cc(C3CC3)cc2CC)C(=O)NC12CCC(OC)CC2. The van der Waals surface area contributed by atoms with Crippen LogP contribution in [0.1, 0.15) is 80.5 Å². The molecule has 1 heterocycles. The van der Waals surface area contributed by atoms with E-state index in [1.165, 1.54) is 18.4 Å². The van der Waals surface area contributed by atoms with Crippen LogP contribution in [0.3, 0.4) is 0 Å². The molecule has 1 aromatic rings. The van der Waals surface area contributed by atoms with E-state index in [2.05, 4.69) is 31.3 Å². The topological polar surface area (TPSA) is 73.9 Å². The summed E-state index contributed by atoms with van der Waals surface area (Å²) in [5.74, 6) is 0.880. The van der Waals surface area contributed by atoms with E-state index in [-0.39, 0.29) is 18.6 Å². The third kappa shape index (κ3) is 4.10. The van der Waals surface area contributed by atoms with Crippen LogP contribution in [0.2, 0.25) is 0 Å². The molecule has 4 rings (SSSR count). The summed E-state index contributed by atoms with van der Waals surface area (Å²) in [7, 11) is 1.71. The smallest absolute Gasteiger partial charge is 0.434 e. The first-order valence-corrected chi connectivity index (χ1v) is 11.5. The van der Waals surface area contributed by atoms with Crippen molar-refractivity contribution in [3.63, 3.8) is 0 Å². The number of benzene rings is 1. The van der Waals surface area contributed by atoms with Crippen molar-refractivity contribution in [2.24, 2.45) is 0 Å². The molecule has 2 aliphatic carbocycles. The molecule has 2 saturated carbocycles. The molecule has 0 bridgehead atoms. The number of amides is 1. The molecular weight excluding hydrogens is 394 g/mol. The fraction of sp³-hybridized carbons (Fsp3) is 0.600. The van der Waals surface area contributed by atoms with Crippen LogP contribution in [0.4, 0.5) is 4.79 Å². The van der Waals surface area contributed by atoms with Gasteiger partial charge in [0.1, 0.15) is 5.76 Å². The van der Waals surface area contributed by atoms with Crippen LogP contribution in [0.5, 0.6) is 0 Å². The molecule has 0 radical (unpaired) electrons. The van der Waals surface area contributed by atoms with Crippen molar-refractivity contribution < 1.29 is 23.8 Å². The first-order chi connectivity index (χ1) is 14.9. The molecule has 1 amide bonds. The molecule has 1 aromatic carbocycles. The summed E-state index contributed by atoms with van der Waals surface area (Å²) in [6, 6.07) is 4.43. The number of ether oxygens (including phenoxy) is 3. The summed E-state index contributed by atoms with van der Waals surface area (Å²) in [5.41, 5.74) is 4.22. The van der Waals surface area contributed by atoms with Crippen LogP contribution in [-0.2, 0) is 25.4 Å². The predicted octanol–water partition coefficient (Wildman–Crippen LogP) is 4.78. The number of carbonyl (C=O) groups is 2. The van der Waals surface area contributed by atoms with Crippen molar-refractivity contribution >= 4 is 17.6 Å². The van der Waals surface area contributed by atoms with Gasteiger partial charge in [-0.2, -0.15) is 0 Å². The molecule has 168 valence electrons. The van der Waals surface area contributed by atoms with E-state index in [1.54, 1.807) is 14.0 Å². The number of carbonyl (C=O) groups excluding carboxylic acids is 2. The van der Waals surface area contributed by atoms with Gasteiger partial charge in [0.25, 0.3) is 5.91 Å². The molecule has 0 unspecified atom stereocenters. The molecule has 0 atom stereocenters. The van der Waals surface area contributed by atoms with E-state index in [1.807, 2.05) is 0 Å². The fourth-order valence-electron chi connectivity index (χ4n) is 5.14. The van der Waals surface area contributed by atoms with Crippen LogP contribution in [0.15, 0.2) is 17.9 Å². The molecule has 6 nitrogen and oxygen atoms in total. The quantitative estimate of drug-likeness (QED) is 0.662. The molecule has 0 aromatic heterocycles. The minimum atomic E-state index is -0.759. The van der Waals surface area contributed by atoms with E-state index in [0.29, 0.717) is 30.1 Å². The zero-order valence-corrected chi connectivity index (χ0v) is 19.0. The fourth-order valence-corrected chi connectivity index (χ4v) is 5.14. The van der Waals surface area contributed by atoms with Crippen molar-refractivity contribution in [3.8, 4) is 0 Å². The minimum absolute atomic E-state index is 0.154. The van der Waals surface area contributed by atoms with Crippen molar-refractivity contribution in [2.75, 3.05) is 13.7 Å². The van der Waals surface area contributed by atoms with Crippen LogP contribution < -0.4 is 5.32 Å². The summed E-state index contributed by atoms with van der Waals surface area (Å²) in [5, 5.41) is 3.19. The second-order valence-corrected chi connectivity index (χ2v) is 8.96. The van der Waals surface area contributed by atoms with Gasteiger partial charge < -0.3 is 19.5 Å². The summed E-state index contributed by atoms with van der Waals surface area (Å²) >= 11 is 0. The van der Waals surface area contributed by atoms with E-state index >= 15 is 0 Å². The zero-order valence-electron chi connectivity index (χ0n) is 19.0. The second kappa shape index (κ2) is 8.65. The molecule has 2 fully saturated rings. The number of hydrogen-bond donors (Lipinski definition) is 1. The van der Waals surface area contributed by atoms with Crippen molar-refractivity contribution in [3.05, 3.63) is 40.1 Å². The van der Waals surface area contributed by atoms with E-state index in [0.717, 1.165) is 36.0 Å². The van der Waals surface area contributed by atoms with Gasteiger partial charge in [-0.1, -0.05) is 19.1 Å². The Morgan fingerprint density at radius 1 is 1.16 bits per heavy atom. The molecule has 6 heteroatoms. The summed E-state index contributed by atoms with van der Waals surface area (Å²) < 4.78 is 16.4. The van der Waals surface area contributed by atoms with Gasteiger partial charge in [-0.05, 0) is 87.0 Å². The molecular formula is C25H33NO5. The lowest BCUT2D eigenvalue weighted by atomic mass is 9.78. The Morgan fingerprint density at radius 3 is 2.45 bits per heavy atom. The lowest BCUT2D eigenvalue weighted by Crippen LogP contribution is -2.49. The predicted molar refractivity (Wildman–Crippen MR) is 118 cm³/mol. The van der Waals surface area contributed by atoms with Gasteiger partial charge in [0.05, 0.1) is 23.8 Å². The molecule has 1 aliphatic heterocycles. The number of rotatable bonds is 6. The third-order valence-corrected chi connectivity index (χ3v) is 6.93. The molecule has 1 spiro atoms. The van der Waals surface area contributed by atoms with Gasteiger partial charge in [0.2, 0.25) is 0 Å². The Bertz CT molecular complexity index is 907. The molecule has 3 aliphatic rings. The lowest BCUT2D eigenvalue weighted by Gasteiger charge is -2.37. The zero-order chi connectivity index (χ0) is 22.2. The Labute approximate surface area is 184 Å². The van der Waals surface area contributed by atoms with E-state index in [9.17, 15) is 9.59 Å². The lowest BCUT2D eigenvalue weighted by molar-refractivity contribution is -0.116. The maximum Gasteiger partial charge on any atom is 0.513 e. The Morgan fingerprint density at radius 2 is 1.87 bits per heavy atom. The number of methoxy groups -OCH3 is 1. The first kappa shape index (κ1) is 21.9. The van der Waals surface area contributed by atoms with Gasteiger partial charge in [0.15, 0.2) is 0 Å². The van der Waals surface area contributed by atoms with Crippen LogP contribution >= 0.6 is 0 Å². The van der Waals surface area contributed by atoms with Gasteiger partial charge in [0, 0.05) is 7.11 Å². The monoisotopic (exact) mass is 427 g/mol. The molecule has 1 N–H and O–H groups in total. The van der Waals surface area contributed by atoms with Gasteiger partial charge in [-0.25, -0.2) is 4.79 Å². The maximum atomic E-state index is 13.4. The standard InChI is InChI=1S/C25H33NO5/c1-5-16-14-18(17-7-8-17)13-15(3)20(16)21-22(31-24(28)30-6-2)25(26-23(21)27)11-9-19(29-4)10-12-25/h13-14,17,19H,5-12H2,1-4H3,(H,26,27). The van der Waals surface area contributed by atoms with Gasteiger partial charge in [-0.3, -0.25) is 4.79 Å². The molecule has 31 heavy (non-hydrogen) atoms. The summed E-state index contributed by atoms with van der Waals surface area (Å²) in [6.07, 6.45) is 5.56. The normalized spacial score (nSPS) is 25.7. The second-order valence-electron chi connectivity index (χ2n) is 8.96. The van der Waals surface area contributed by atoms with Crippen LogP contribution in [0, 0.1) is 6.92 Å². The highest BCUT2D eigenvalue weighted by molar-refractivity contribution is 6.24. The third-order valence-electron chi connectivity index (χ3n) is 6.93. The highest BCUT2D eigenvalue weighted by atomic mass is 16.7.